The van der Waals surface area contributed by atoms with Crippen molar-refractivity contribution in [3.8, 4) is 5.75 Å². The first-order valence-corrected chi connectivity index (χ1v) is 8.12. The molecule has 0 bridgehead atoms. The van der Waals surface area contributed by atoms with Gasteiger partial charge in [0.2, 0.25) is 0 Å². The van der Waals surface area contributed by atoms with E-state index >= 15 is 0 Å². The van der Waals surface area contributed by atoms with Crippen molar-refractivity contribution in [3.63, 3.8) is 0 Å². The number of carbonyl (C=O) groups is 1. The Kier molecular flexibility index (Phi) is 4.56. The highest BCUT2D eigenvalue weighted by atomic mass is 79.9. The zero-order chi connectivity index (χ0) is 15.5. The van der Waals surface area contributed by atoms with Gasteiger partial charge in [0.15, 0.2) is 6.61 Å². The summed E-state index contributed by atoms with van der Waals surface area (Å²) in [6, 6.07) is 10.5. The van der Waals surface area contributed by atoms with Gasteiger partial charge in [0, 0.05) is 5.02 Å². The van der Waals surface area contributed by atoms with Crippen molar-refractivity contribution in [2.45, 2.75) is 0 Å². The summed E-state index contributed by atoms with van der Waals surface area (Å²) in [6.07, 6.45) is 0. The third-order valence-corrected chi connectivity index (χ3v) is 4.21. The molecule has 3 aromatic rings. The van der Waals surface area contributed by atoms with Crippen LogP contribution in [0.1, 0.15) is 0 Å². The standard InChI is InChI=1S/C14H9BrClN3O2S/c15-9-6-8(16)4-5-12(9)21-7-13(20)17-10-2-1-3-11-14(10)19-22-18-11/h1-6H,7H2,(H,17,20). The van der Waals surface area contributed by atoms with E-state index in [2.05, 4.69) is 30.0 Å². The van der Waals surface area contributed by atoms with Crippen LogP contribution in [0.5, 0.6) is 5.75 Å². The number of ether oxygens (including phenoxy) is 1. The fourth-order valence-electron chi connectivity index (χ4n) is 1.83. The lowest BCUT2D eigenvalue weighted by Gasteiger charge is -2.09. The summed E-state index contributed by atoms with van der Waals surface area (Å²) in [6.45, 7) is -0.117. The number of rotatable bonds is 4. The van der Waals surface area contributed by atoms with Gasteiger partial charge in [-0.15, -0.1) is 0 Å². The highest BCUT2D eigenvalue weighted by Gasteiger charge is 2.10. The highest BCUT2D eigenvalue weighted by Crippen LogP contribution is 2.28. The van der Waals surface area contributed by atoms with Crippen LogP contribution in [0.15, 0.2) is 40.9 Å². The van der Waals surface area contributed by atoms with Crippen molar-refractivity contribution in [2.24, 2.45) is 0 Å². The van der Waals surface area contributed by atoms with Crippen LogP contribution < -0.4 is 10.1 Å². The quantitative estimate of drug-likeness (QED) is 0.718. The lowest BCUT2D eigenvalue weighted by Crippen LogP contribution is -2.20. The summed E-state index contributed by atoms with van der Waals surface area (Å²) in [4.78, 5) is 12.0. The summed E-state index contributed by atoms with van der Waals surface area (Å²) in [5, 5.41) is 3.36. The van der Waals surface area contributed by atoms with E-state index in [-0.39, 0.29) is 12.5 Å². The summed E-state index contributed by atoms with van der Waals surface area (Å²) < 4.78 is 14.5. The van der Waals surface area contributed by atoms with E-state index in [9.17, 15) is 4.79 Å². The molecule has 1 heterocycles. The number of benzene rings is 2. The summed E-state index contributed by atoms with van der Waals surface area (Å²) in [7, 11) is 0. The lowest BCUT2D eigenvalue weighted by molar-refractivity contribution is -0.118. The first-order valence-electron chi connectivity index (χ1n) is 6.22. The molecule has 3 rings (SSSR count). The van der Waals surface area contributed by atoms with Crippen LogP contribution in [-0.4, -0.2) is 21.3 Å². The third kappa shape index (κ3) is 3.37. The van der Waals surface area contributed by atoms with Gasteiger partial charge < -0.3 is 10.1 Å². The van der Waals surface area contributed by atoms with Crippen LogP contribution in [0.3, 0.4) is 0 Å². The largest absolute Gasteiger partial charge is 0.483 e. The smallest absolute Gasteiger partial charge is 0.262 e. The van der Waals surface area contributed by atoms with Crippen LogP contribution in [0, 0.1) is 0 Å². The van der Waals surface area contributed by atoms with Crippen LogP contribution in [-0.2, 0) is 4.79 Å². The molecule has 1 aromatic heterocycles. The number of fused-ring (bicyclic) bond motifs is 1. The molecule has 5 nitrogen and oxygen atoms in total. The second-order valence-electron chi connectivity index (χ2n) is 4.35. The molecule has 0 aliphatic heterocycles. The molecule has 0 aliphatic rings. The Hall–Kier alpha value is -1.70. The average Bonchev–Trinajstić information content (AvgIpc) is 2.96. The van der Waals surface area contributed by atoms with Crippen molar-refractivity contribution in [3.05, 3.63) is 45.9 Å². The Morgan fingerprint density at radius 2 is 2.18 bits per heavy atom. The number of amides is 1. The van der Waals surface area contributed by atoms with Gasteiger partial charge in [-0.2, -0.15) is 8.75 Å². The van der Waals surface area contributed by atoms with Gasteiger partial charge in [0.25, 0.3) is 5.91 Å². The number of nitrogens with one attached hydrogen (secondary N) is 1. The maximum Gasteiger partial charge on any atom is 0.262 e. The molecule has 112 valence electrons. The molecule has 0 radical (unpaired) electrons. The zero-order valence-electron chi connectivity index (χ0n) is 11.0. The van der Waals surface area contributed by atoms with E-state index in [1.807, 2.05) is 12.1 Å². The van der Waals surface area contributed by atoms with Crippen molar-refractivity contribution >= 4 is 61.9 Å². The van der Waals surface area contributed by atoms with E-state index < -0.39 is 0 Å². The predicted molar refractivity (Wildman–Crippen MR) is 90.7 cm³/mol. The van der Waals surface area contributed by atoms with E-state index in [0.29, 0.717) is 26.4 Å². The third-order valence-electron chi connectivity index (χ3n) is 2.81. The molecule has 0 saturated carbocycles. The number of hydrogen-bond acceptors (Lipinski definition) is 5. The average molecular weight is 399 g/mol. The minimum Gasteiger partial charge on any atom is -0.483 e. The van der Waals surface area contributed by atoms with Gasteiger partial charge >= 0.3 is 0 Å². The Morgan fingerprint density at radius 1 is 1.32 bits per heavy atom. The van der Waals surface area contributed by atoms with Crippen molar-refractivity contribution in [1.29, 1.82) is 0 Å². The van der Waals surface area contributed by atoms with E-state index in [0.717, 1.165) is 17.2 Å². The molecule has 22 heavy (non-hydrogen) atoms. The fraction of sp³-hybridized carbons (Fsp3) is 0.0714. The van der Waals surface area contributed by atoms with Gasteiger partial charge in [-0.05, 0) is 46.3 Å². The first-order chi connectivity index (χ1) is 10.6. The van der Waals surface area contributed by atoms with Crippen LogP contribution in [0.25, 0.3) is 11.0 Å². The van der Waals surface area contributed by atoms with E-state index in [4.69, 9.17) is 16.3 Å². The Labute approximate surface area is 143 Å². The van der Waals surface area contributed by atoms with Gasteiger partial charge in [-0.3, -0.25) is 4.79 Å². The van der Waals surface area contributed by atoms with Crippen molar-refractivity contribution in [2.75, 3.05) is 11.9 Å². The second kappa shape index (κ2) is 6.60. The predicted octanol–water partition coefficient (Wildman–Crippen LogP) is 4.12. The number of nitrogens with zero attached hydrogens (tertiary/aromatic N) is 2. The normalized spacial score (nSPS) is 10.6. The second-order valence-corrected chi connectivity index (χ2v) is 6.17. The molecule has 0 spiro atoms. The van der Waals surface area contributed by atoms with Crippen LogP contribution in [0.4, 0.5) is 5.69 Å². The van der Waals surface area contributed by atoms with E-state index in [1.54, 1.807) is 24.3 Å². The monoisotopic (exact) mass is 397 g/mol. The van der Waals surface area contributed by atoms with Crippen molar-refractivity contribution in [1.82, 2.24) is 8.75 Å². The highest BCUT2D eigenvalue weighted by molar-refractivity contribution is 9.10. The molecule has 0 saturated heterocycles. The SMILES string of the molecule is O=C(COc1ccc(Cl)cc1Br)Nc1cccc2nsnc12. The van der Waals surface area contributed by atoms with Gasteiger partial charge in [-0.1, -0.05) is 17.7 Å². The summed E-state index contributed by atoms with van der Waals surface area (Å²) in [5.74, 6) is 0.274. The minimum atomic E-state index is -0.276. The number of anilines is 1. The Balaban J connectivity index is 1.66. The molecule has 0 unspecified atom stereocenters. The lowest BCUT2D eigenvalue weighted by atomic mass is 10.2. The molecule has 8 heteroatoms. The zero-order valence-corrected chi connectivity index (χ0v) is 14.2. The molecule has 0 fully saturated rings. The van der Waals surface area contributed by atoms with Crippen LogP contribution >= 0.6 is 39.3 Å². The van der Waals surface area contributed by atoms with Gasteiger partial charge in [0.1, 0.15) is 16.8 Å². The Bertz CT molecular complexity index is 840. The minimum absolute atomic E-state index is 0.117. The first kappa shape index (κ1) is 15.2. The number of aromatic nitrogens is 2. The van der Waals surface area contributed by atoms with Crippen LogP contribution in [0.2, 0.25) is 5.02 Å². The van der Waals surface area contributed by atoms with E-state index in [1.165, 1.54) is 0 Å². The van der Waals surface area contributed by atoms with Crippen molar-refractivity contribution < 1.29 is 9.53 Å². The fourth-order valence-corrected chi connectivity index (χ4v) is 3.18. The van der Waals surface area contributed by atoms with Gasteiger partial charge in [-0.25, -0.2) is 0 Å². The number of halogens is 2. The topological polar surface area (TPSA) is 64.1 Å². The van der Waals surface area contributed by atoms with Gasteiger partial charge in [0.05, 0.1) is 21.9 Å². The number of carbonyl (C=O) groups excluding carboxylic acids is 1. The molecular formula is C14H9BrClN3O2S. The maximum absolute atomic E-state index is 12.0. The molecule has 0 aliphatic carbocycles. The maximum atomic E-state index is 12.0. The Morgan fingerprint density at radius 3 is 3.00 bits per heavy atom. The molecule has 1 amide bonds. The molecular weight excluding hydrogens is 390 g/mol. The summed E-state index contributed by atoms with van der Waals surface area (Å²) >= 11 is 10.3. The summed E-state index contributed by atoms with van der Waals surface area (Å²) in [5.41, 5.74) is 2.05. The molecule has 0 atom stereocenters. The number of hydrogen-bond donors (Lipinski definition) is 1. The molecule has 2 aromatic carbocycles. The molecule has 1 N–H and O–H groups in total.